The molecule has 0 unspecified atom stereocenters. The largest absolute Gasteiger partial charge is 0.465 e. The van der Waals surface area contributed by atoms with Crippen LogP contribution in [0.1, 0.15) is 13.8 Å². The Morgan fingerprint density at radius 2 is 1.87 bits per heavy atom. The van der Waals surface area contributed by atoms with E-state index in [0.717, 1.165) is 11.1 Å². The van der Waals surface area contributed by atoms with E-state index in [1.807, 2.05) is 62.2 Å². The minimum absolute atomic E-state index is 0.128. The zero-order chi connectivity index (χ0) is 22.6. The number of benzene rings is 1. The van der Waals surface area contributed by atoms with Crippen molar-refractivity contribution in [3.05, 3.63) is 65.1 Å². The Labute approximate surface area is 180 Å². The van der Waals surface area contributed by atoms with E-state index >= 15 is 0 Å². The highest BCUT2D eigenvalue weighted by atomic mass is 16.4. The molecular weight excluding hydrogens is 396 g/mol. The fourth-order valence-electron chi connectivity index (χ4n) is 3.10. The van der Waals surface area contributed by atoms with Crippen molar-refractivity contribution in [1.29, 1.82) is 0 Å². The first-order valence-corrected chi connectivity index (χ1v) is 9.74. The molecule has 31 heavy (non-hydrogen) atoms. The van der Waals surface area contributed by atoms with Crippen LogP contribution < -0.4 is 21.1 Å². The van der Waals surface area contributed by atoms with E-state index in [0.29, 0.717) is 17.6 Å². The van der Waals surface area contributed by atoms with Gasteiger partial charge in [-0.2, -0.15) is 4.98 Å². The molecule has 0 atom stereocenters. The fraction of sp³-hybridized carbons (Fsp3) is 0.273. The number of rotatable bonds is 7. The number of carbonyl (C=O) groups is 1. The van der Waals surface area contributed by atoms with Crippen molar-refractivity contribution in [3.63, 3.8) is 0 Å². The van der Waals surface area contributed by atoms with Crippen molar-refractivity contribution in [3.8, 4) is 11.1 Å². The van der Waals surface area contributed by atoms with Gasteiger partial charge in [0.25, 0.3) is 5.56 Å². The van der Waals surface area contributed by atoms with Crippen molar-refractivity contribution < 1.29 is 9.90 Å². The molecule has 0 aliphatic heterocycles. The molecule has 2 aromatic heterocycles. The second kappa shape index (κ2) is 8.86. The lowest BCUT2D eigenvalue weighted by atomic mass is 10.1. The van der Waals surface area contributed by atoms with Gasteiger partial charge in [-0.25, -0.2) is 9.78 Å². The van der Waals surface area contributed by atoms with Crippen LogP contribution in [0.25, 0.3) is 11.1 Å². The number of hydrogen-bond donors (Lipinski definition) is 3. The Morgan fingerprint density at radius 1 is 1.16 bits per heavy atom. The summed E-state index contributed by atoms with van der Waals surface area (Å²) in [6.07, 6.45) is 0.518. The van der Waals surface area contributed by atoms with Gasteiger partial charge in [0, 0.05) is 32.9 Å². The summed E-state index contributed by atoms with van der Waals surface area (Å²) in [5.74, 6) is 1.60. The molecular formula is C22H26N6O3. The molecule has 3 N–H and O–H groups in total. The fourth-order valence-corrected chi connectivity index (χ4v) is 3.10. The third-order valence-electron chi connectivity index (χ3n) is 4.80. The molecule has 9 nitrogen and oxygen atoms in total. The van der Waals surface area contributed by atoms with Gasteiger partial charge in [-0.1, -0.05) is 30.3 Å². The minimum Gasteiger partial charge on any atom is -0.465 e. The highest BCUT2D eigenvalue weighted by Crippen LogP contribution is 2.26. The third-order valence-corrected chi connectivity index (χ3v) is 4.80. The summed E-state index contributed by atoms with van der Waals surface area (Å²) in [6.45, 7) is 3.87. The maximum Gasteiger partial charge on any atom is 0.404 e. The molecule has 0 spiro atoms. The lowest BCUT2D eigenvalue weighted by Crippen LogP contribution is -2.44. The van der Waals surface area contributed by atoms with Crippen LogP contribution in [0.3, 0.4) is 0 Å². The van der Waals surface area contributed by atoms with Crippen LogP contribution in [0.4, 0.5) is 22.4 Å². The Balaban J connectivity index is 1.91. The van der Waals surface area contributed by atoms with Gasteiger partial charge in [0.05, 0.1) is 5.54 Å². The summed E-state index contributed by atoms with van der Waals surface area (Å²) in [5.41, 5.74) is 1.04. The number of nitrogens with zero attached hydrogens (tertiary/aromatic N) is 4. The number of hydrogen-bond acceptors (Lipinski definition) is 6. The van der Waals surface area contributed by atoms with E-state index in [4.69, 9.17) is 5.11 Å². The molecule has 3 rings (SSSR count). The van der Waals surface area contributed by atoms with Crippen LogP contribution in [-0.2, 0) is 7.05 Å². The van der Waals surface area contributed by atoms with Crippen molar-refractivity contribution in [2.45, 2.75) is 19.4 Å². The Morgan fingerprint density at radius 3 is 2.55 bits per heavy atom. The molecule has 0 saturated heterocycles. The van der Waals surface area contributed by atoms with E-state index in [-0.39, 0.29) is 12.1 Å². The summed E-state index contributed by atoms with van der Waals surface area (Å²) in [7, 11) is 3.54. The molecule has 3 aromatic rings. The molecule has 9 heteroatoms. The van der Waals surface area contributed by atoms with Gasteiger partial charge in [-0.3, -0.25) is 9.36 Å². The first-order chi connectivity index (χ1) is 14.7. The van der Waals surface area contributed by atoms with Crippen LogP contribution in [0.5, 0.6) is 0 Å². The van der Waals surface area contributed by atoms with E-state index in [1.165, 1.54) is 0 Å². The molecule has 0 bridgehead atoms. The highest BCUT2D eigenvalue weighted by molar-refractivity contribution is 5.69. The monoisotopic (exact) mass is 422 g/mol. The van der Waals surface area contributed by atoms with Gasteiger partial charge >= 0.3 is 6.09 Å². The molecule has 0 aliphatic rings. The Kier molecular flexibility index (Phi) is 6.24. The number of pyridine rings is 1. The van der Waals surface area contributed by atoms with Crippen LogP contribution in [-0.4, -0.2) is 44.9 Å². The zero-order valence-electron chi connectivity index (χ0n) is 18.0. The van der Waals surface area contributed by atoms with E-state index < -0.39 is 11.6 Å². The van der Waals surface area contributed by atoms with Crippen LogP contribution in [0, 0.1) is 0 Å². The summed E-state index contributed by atoms with van der Waals surface area (Å²) >= 11 is 0. The normalized spacial score (nSPS) is 11.1. The predicted octanol–water partition coefficient (Wildman–Crippen LogP) is 3.07. The van der Waals surface area contributed by atoms with Gasteiger partial charge in [-0.15, -0.1) is 0 Å². The average Bonchev–Trinajstić information content (AvgIpc) is 2.74. The smallest absolute Gasteiger partial charge is 0.404 e. The Bertz CT molecular complexity index is 1130. The van der Waals surface area contributed by atoms with Crippen LogP contribution >= 0.6 is 0 Å². The summed E-state index contributed by atoms with van der Waals surface area (Å²) in [6, 6.07) is 15.0. The first-order valence-electron chi connectivity index (χ1n) is 9.74. The SMILES string of the molecule is CN(c1ccnc(NC(C)(C)CNC(=O)O)n1)c1cc(-c2ccccc2)cc(=O)n1C. The molecule has 0 radical (unpaired) electrons. The molecule has 0 aliphatic carbocycles. The maximum absolute atomic E-state index is 12.6. The summed E-state index contributed by atoms with van der Waals surface area (Å²) in [5, 5.41) is 14.3. The van der Waals surface area contributed by atoms with E-state index in [1.54, 1.807) is 29.9 Å². The molecule has 2 heterocycles. The number of carboxylic acid groups (broad SMARTS) is 1. The summed E-state index contributed by atoms with van der Waals surface area (Å²) in [4.78, 5) is 34.0. The zero-order valence-corrected chi connectivity index (χ0v) is 18.0. The van der Waals surface area contributed by atoms with Crippen molar-refractivity contribution in [2.24, 2.45) is 7.05 Å². The second-order valence-electron chi connectivity index (χ2n) is 7.83. The lowest BCUT2D eigenvalue weighted by Gasteiger charge is -2.27. The molecule has 0 saturated carbocycles. The maximum atomic E-state index is 12.6. The molecule has 1 amide bonds. The minimum atomic E-state index is -1.09. The van der Waals surface area contributed by atoms with E-state index in [2.05, 4.69) is 20.6 Å². The number of aromatic nitrogens is 3. The van der Waals surface area contributed by atoms with Crippen molar-refractivity contribution >= 4 is 23.7 Å². The number of anilines is 3. The number of nitrogens with one attached hydrogen (secondary N) is 2. The second-order valence-corrected chi connectivity index (χ2v) is 7.83. The number of amides is 1. The lowest BCUT2D eigenvalue weighted by molar-refractivity contribution is 0.192. The van der Waals surface area contributed by atoms with E-state index in [9.17, 15) is 9.59 Å². The van der Waals surface area contributed by atoms with Gasteiger partial charge in [0.2, 0.25) is 5.95 Å². The van der Waals surface area contributed by atoms with Crippen LogP contribution in [0.2, 0.25) is 0 Å². The molecule has 1 aromatic carbocycles. The van der Waals surface area contributed by atoms with Gasteiger partial charge in [-0.05, 0) is 37.1 Å². The first kappa shape index (κ1) is 21.8. The van der Waals surface area contributed by atoms with Crippen molar-refractivity contribution in [2.75, 3.05) is 23.8 Å². The van der Waals surface area contributed by atoms with Gasteiger partial charge in [0.15, 0.2) is 0 Å². The predicted molar refractivity (Wildman–Crippen MR) is 121 cm³/mol. The highest BCUT2D eigenvalue weighted by Gasteiger charge is 2.20. The van der Waals surface area contributed by atoms with Gasteiger partial charge in [0.1, 0.15) is 11.6 Å². The summed E-state index contributed by atoms with van der Waals surface area (Å²) < 4.78 is 1.56. The Hall–Kier alpha value is -3.88. The quantitative estimate of drug-likeness (QED) is 0.536. The molecule has 162 valence electrons. The van der Waals surface area contributed by atoms with Crippen molar-refractivity contribution in [1.82, 2.24) is 19.9 Å². The standard InChI is InChI=1S/C22H26N6O3/c1-22(2,14-24-21(30)31)26-20-23-11-10-17(25-20)27(3)18-12-16(13-19(29)28(18)4)15-8-6-5-7-9-15/h5-13,24H,14H2,1-4H3,(H,30,31)(H,23,25,26). The topological polar surface area (TPSA) is 112 Å². The third kappa shape index (κ3) is 5.39. The molecule has 0 fully saturated rings. The van der Waals surface area contributed by atoms with Gasteiger partial charge < -0.3 is 20.6 Å². The average molecular weight is 422 g/mol. The van der Waals surface area contributed by atoms with Crippen LogP contribution in [0.15, 0.2) is 59.5 Å².